The van der Waals surface area contributed by atoms with E-state index in [1.807, 2.05) is 0 Å². The number of phenols is 1. The average molecular weight is 218 g/mol. The van der Waals surface area contributed by atoms with E-state index in [1.54, 1.807) is 25.3 Å². The van der Waals surface area contributed by atoms with Crippen molar-refractivity contribution in [2.24, 2.45) is 5.10 Å². The van der Waals surface area contributed by atoms with Crippen molar-refractivity contribution in [2.75, 3.05) is 7.11 Å². The van der Waals surface area contributed by atoms with E-state index in [2.05, 4.69) is 15.3 Å². The summed E-state index contributed by atoms with van der Waals surface area (Å²) < 4.78 is 6.47. The molecule has 0 spiro atoms. The van der Waals surface area contributed by atoms with Gasteiger partial charge in [-0.3, -0.25) is 0 Å². The number of benzene rings is 1. The van der Waals surface area contributed by atoms with Crippen LogP contribution in [0.4, 0.5) is 0 Å². The third kappa shape index (κ3) is 2.17. The molecule has 0 atom stereocenters. The SMILES string of the molecule is COc1ccc(O)c(/C=N\n2cnnc2)c1. The van der Waals surface area contributed by atoms with Crippen LogP contribution < -0.4 is 4.74 Å². The number of hydrogen-bond acceptors (Lipinski definition) is 5. The Morgan fingerprint density at radius 1 is 1.38 bits per heavy atom. The van der Waals surface area contributed by atoms with Crippen molar-refractivity contribution in [1.82, 2.24) is 14.9 Å². The smallest absolute Gasteiger partial charge is 0.141 e. The number of aromatic hydroxyl groups is 1. The average Bonchev–Trinajstić information content (AvgIpc) is 2.81. The van der Waals surface area contributed by atoms with E-state index < -0.39 is 0 Å². The number of nitrogens with zero attached hydrogens (tertiary/aromatic N) is 4. The molecule has 0 saturated carbocycles. The van der Waals surface area contributed by atoms with Crippen LogP contribution in [0.2, 0.25) is 0 Å². The quantitative estimate of drug-likeness (QED) is 0.776. The maximum absolute atomic E-state index is 9.57. The standard InChI is InChI=1S/C10H10N4O2/c1-16-9-2-3-10(15)8(4-9)5-13-14-6-11-12-7-14/h2-7,15H,1H3/b13-5-. The number of phenolic OH excluding ortho intramolecular Hbond substituents is 1. The largest absolute Gasteiger partial charge is 0.507 e. The minimum atomic E-state index is 0.137. The van der Waals surface area contributed by atoms with E-state index in [4.69, 9.17) is 4.74 Å². The Balaban J connectivity index is 2.26. The van der Waals surface area contributed by atoms with Gasteiger partial charge in [-0.2, -0.15) is 5.10 Å². The lowest BCUT2D eigenvalue weighted by Crippen LogP contribution is -1.90. The van der Waals surface area contributed by atoms with Crippen LogP contribution in [0.25, 0.3) is 0 Å². The number of rotatable bonds is 3. The summed E-state index contributed by atoms with van der Waals surface area (Å²) in [6, 6.07) is 4.90. The summed E-state index contributed by atoms with van der Waals surface area (Å²) in [4.78, 5) is 0. The van der Waals surface area contributed by atoms with Crippen LogP contribution in [0.5, 0.6) is 11.5 Å². The maximum atomic E-state index is 9.57. The summed E-state index contributed by atoms with van der Waals surface area (Å²) in [7, 11) is 1.56. The molecule has 0 fully saturated rings. The fraction of sp³-hybridized carbons (Fsp3) is 0.100. The van der Waals surface area contributed by atoms with Gasteiger partial charge in [-0.1, -0.05) is 0 Å². The van der Waals surface area contributed by atoms with Crippen LogP contribution in [-0.4, -0.2) is 33.3 Å². The molecule has 6 nitrogen and oxygen atoms in total. The first-order chi connectivity index (χ1) is 7.79. The molecule has 6 heteroatoms. The van der Waals surface area contributed by atoms with Crippen LogP contribution in [0.1, 0.15) is 5.56 Å². The number of methoxy groups -OCH3 is 1. The lowest BCUT2D eigenvalue weighted by Gasteiger charge is -2.02. The van der Waals surface area contributed by atoms with Crippen LogP contribution in [0.15, 0.2) is 36.0 Å². The molecule has 1 aromatic heterocycles. The molecule has 16 heavy (non-hydrogen) atoms. The van der Waals surface area contributed by atoms with Gasteiger partial charge >= 0.3 is 0 Å². The predicted octanol–water partition coefficient (Wildman–Crippen LogP) is 0.874. The Hall–Kier alpha value is -2.37. The highest BCUT2D eigenvalue weighted by Gasteiger charge is 2.00. The van der Waals surface area contributed by atoms with Crippen molar-refractivity contribution in [1.29, 1.82) is 0 Å². The first-order valence-electron chi connectivity index (χ1n) is 4.55. The van der Waals surface area contributed by atoms with Crippen LogP contribution >= 0.6 is 0 Å². The maximum Gasteiger partial charge on any atom is 0.141 e. The van der Waals surface area contributed by atoms with Crippen molar-refractivity contribution in [3.8, 4) is 11.5 Å². The van der Waals surface area contributed by atoms with Gasteiger partial charge in [-0.05, 0) is 18.2 Å². The minimum Gasteiger partial charge on any atom is -0.507 e. The van der Waals surface area contributed by atoms with Crippen LogP contribution in [-0.2, 0) is 0 Å². The molecule has 1 aromatic carbocycles. The lowest BCUT2D eigenvalue weighted by molar-refractivity contribution is 0.412. The third-order valence-corrected chi connectivity index (χ3v) is 1.97. The number of ether oxygens (including phenoxy) is 1. The fourth-order valence-corrected chi connectivity index (χ4v) is 1.15. The van der Waals surface area contributed by atoms with Gasteiger partial charge in [-0.15, -0.1) is 10.2 Å². The molecule has 0 bridgehead atoms. The molecule has 82 valence electrons. The molecule has 1 heterocycles. The van der Waals surface area contributed by atoms with E-state index >= 15 is 0 Å². The van der Waals surface area contributed by atoms with Gasteiger partial charge < -0.3 is 9.84 Å². The zero-order valence-electron chi connectivity index (χ0n) is 8.61. The topological polar surface area (TPSA) is 72.5 Å². The number of hydrogen-bond donors (Lipinski definition) is 1. The summed E-state index contributed by atoms with van der Waals surface area (Å²) in [6.45, 7) is 0. The van der Waals surface area contributed by atoms with Gasteiger partial charge in [0.05, 0.1) is 13.3 Å². The van der Waals surface area contributed by atoms with Crippen LogP contribution in [0.3, 0.4) is 0 Å². The second kappa shape index (κ2) is 4.43. The molecular weight excluding hydrogens is 208 g/mol. The zero-order chi connectivity index (χ0) is 11.4. The van der Waals surface area contributed by atoms with Crippen LogP contribution in [0, 0.1) is 0 Å². The van der Waals surface area contributed by atoms with Crippen molar-refractivity contribution >= 4 is 6.21 Å². The fourth-order valence-electron chi connectivity index (χ4n) is 1.15. The Labute approximate surface area is 91.8 Å². The molecule has 0 unspecified atom stereocenters. The summed E-state index contributed by atoms with van der Waals surface area (Å²) in [5, 5.41) is 20.8. The van der Waals surface area contributed by atoms with E-state index in [-0.39, 0.29) is 5.75 Å². The summed E-state index contributed by atoms with van der Waals surface area (Å²) in [6.07, 6.45) is 4.41. The monoisotopic (exact) mass is 218 g/mol. The Morgan fingerprint density at radius 3 is 2.81 bits per heavy atom. The van der Waals surface area contributed by atoms with Gasteiger partial charge in [-0.25, -0.2) is 4.68 Å². The van der Waals surface area contributed by atoms with Gasteiger partial charge in [0.15, 0.2) is 0 Å². The number of aromatic nitrogens is 3. The molecular formula is C10H10N4O2. The van der Waals surface area contributed by atoms with Crippen molar-refractivity contribution in [2.45, 2.75) is 0 Å². The minimum absolute atomic E-state index is 0.137. The van der Waals surface area contributed by atoms with E-state index in [9.17, 15) is 5.11 Å². The summed E-state index contributed by atoms with van der Waals surface area (Å²) in [5.74, 6) is 0.792. The normalized spacial score (nSPS) is 10.8. The second-order valence-electron chi connectivity index (χ2n) is 3.01. The lowest BCUT2D eigenvalue weighted by atomic mass is 10.2. The van der Waals surface area contributed by atoms with Gasteiger partial charge in [0.25, 0.3) is 0 Å². The van der Waals surface area contributed by atoms with E-state index in [0.717, 1.165) is 0 Å². The molecule has 1 N–H and O–H groups in total. The highest BCUT2D eigenvalue weighted by molar-refractivity contribution is 5.83. The molecule has 2 aromatic rings. The molecule has 2 rings (SSSR count). The van der Waals surface area contributed by atoms with Gasteiger partial charge in [0.1, 0.15) is 24.2 Å². The van der Waals surface area contributed by atoms with Gasteiger partial charge in [0.2, 0.25) is 0 Å². The first kappa shape index (κ1) is 10.2. The van der Waals surface area contributed by atoms with Crippen molar-refractivity contribution in [3.05, 3.63) is 36.4 Å². The highest BCUT2D eigenvalue weighted by Crippen LogP contribution is 2.20. The third-order valence-electron chi connectivity index (χ3n) is 1.97. The van der Waals surface area contributed by atoms with E-state index in [0.29, 0.717) is 11.3 Å². The Morgan fingerprint density at radius 2 is 2.12 bits per heavy atom. The summed E-state index contributed by atoms with van der Waals surface area (Å²) >= 11 is 0. The van der Waals surface area contributed by atoms with E-state index in [1.165, 1.54) is 23.5 Å². The predicted molar refractivity (Wildman–Crippen MR) is 57.7 cm³/mol. The van der Waals surface area contributed by atoms with Gasteiger partial charge in [0, 0.05) is 5.56 Å². The van der Waals surface area contributed by atoms with Crippen molar-refractivity contribution in [3.63, 3.8) is 0 Å². The second-order valence-corrected chi connectivity index (χ2v) is 3.01. The summed E-state index contributed by atoms with van der Waals surface area (Å²) in [5.41, 5.74) is 0.563. The highest BCUT2D eigenvalue weighted by atomic mass is 16.5. The molecule has 0 aliphatic rings. The molecule has 0 radical (unpaired) electrons. The van der Waals surface area contributed by atoms with Crippen molar-refractivity contribution < 1.29 is 9.84 Å². The Bertz CT molecular complexity index is 494. The zero-order valence-corrected chi connectivity index (χ0v) is 8.61. The molecule has 0 aliphatic carbocycles. The Kier molecular flexibility index (Phi) is 2.81. The molecule has 0 aliphatic heterocycles. The molecule has 0 amide bonds. The first-order valence-corrected chi connectivity index (χ1v) is 4.55. The molecule has 0 saturated heterocycles.